The van der Waals surface area contributed by atoms with Crippen LogP contribution in [0.3, 0.4) is 0 Å². The van der Waals surface area contributed by atoms with Crippen LogP contribution in [0.5, 0.6) is 0 Å². The molecule has 1 aromatic carbocycles. The molecule has 0 saturated carbocycles. The fourth-order valence-corrected chi connectivity index (χ4v) is 3.16. The maximum atomic E-state index is 12.4. The molecule has 6 heteroatoms. The molecule has 0 spiro atoms. The third kappa shape index (κ3) is 3.36. The van der Waals surface area contributed by atoms with Gasteiger partial charge >= 0.3 is 0 Å². The topological polar surface area (TPSA) is 69.7 Å². The van der Waals surface area contributed by atoms with Gasteiger partial charge < -0.3 is 15.1 Å². The minimum Gasteiger partial charge on any atom is -0.345 e. The minimum atomic E-state index is -0.466. The van der Waals surface area contributed by atoms with Gasteiger partial charge in [0.05, 0.1) is 5.92 Å². The Morgan fingerprint density at radius 3 is 2.65 bits per heavy atom. The van der Waals surface area contributed by atoms with E-state index < -0.39 is 6.04 Å². The Morgan fingerprint density at radius 1 is 1.26 bits per heavy atom. The molecule has 1 aromatic rings. The van der Waals surface area contributed by atoms with Crippen LogP contribution in [0, 0.1) is 5.92 Å². The fraction of sp³-hybridized carbons (Fsp3) is 0.471. The molecule has 3 rings (SSSR count). The normalized spacial score (nSPS) is 24.4. The van der Waals surface area contributed by atoms with E-state index in [0.29, 0.717) is 26.1 Å². The number of amides is 3. The lowest BCUT2D eigenvalue weighted by Gasteiger charge is -2.18. The van der Waals surface area contributed by atoms with Crippen molar-refractivity contribution in [1.29, 1.82) is 0 Å². The second kappa shape index (κ2) is 6.40. The van der Waals surface area contributed by atoms with Crippen molar-refractivity contribution >= 4 is 17.7 Å². The summed E-state index contributed by atoms with van der Waals surface area (Å²) in [6, 6.07) is 9.34. The van der Waals surface area contributed by atoms with Gasteiger partial charge in [-0.2, -0.15) is 0 Å². The molecule has 0 aliphatic carbocycles. The molecule has 3 amide bonds. The Morgan fingerprint density at radius 2 is 2.00 bits per heavy atom. The summed E-state index contributed by atoms with van der Waals surface area (Å²) in [5.74, 6) is -0.598. The molecule has 2 saturated heterocycles. The van der Waals surface area contributed by atoms with Crippen molar-refractivity contribution in [2.24, 2.45) is 5.92 Å². The van der Waals surface area contributed by atoms with E-state index in [-0.39, 0.29) is 30.1 Å². The van der Waals surface area contributed by atoms with Crippen molar-refractivity contribution in [3.05, 3.63) is 35.9 Å². The SMILES string of the molecule is CN1C[C@@H](C(=O)N[C@H]2CCN(Cc3ccccc3)C2=O)CC1=O. The third-order valence-electron chi connectivity index (χ3n) is 4.54. The van der Waals surface area contributed by atoms with Gasteiger partial charge in [-0.05, 0) is 12.0 Å². The van der Waals surface area contributed by atoms with Crippen molar-refractivity contribution in [1.82, 2.24) is 15.1 Å². The summed E-state index contributed by atoms with van der Waals surface area (Å²) in [5, 5.41) is 2.82. The number of nitrogens with one attached hydrogen (secondary N) is 1. The number of benzene rings is 1. The summed E-state index contributed by atoms with van der Waals surface area (Å²) in [4.78, 5) is 39.5. The molecule has 2 fully saturated rings. The van der Waals surface area contributed by atoms with Gasteiger partial charge in [-0.15, -0.1) is 0 Å². The lowest BCUT2D eigenvalue weighted by molar-refractivity contribution is -0.134. The zero-order valence-corrected chi connectivity index (χ0v) is 13.2. The second-order valence-corrected chi connectivity index (χ2v) is 6.27. The van der Waals surface area contributed by atoms with Gasteiger partial charge in [-0.1, -0.05) is 30.3 Å². The quantitative estimate of drug-likeness (QED) is 0.873. The lowest BCUT2D eigenvalue weighted by Crippen LogP contribution is -2.44. The summed E-state index contributed by atoms with van der Waals surface area (Å²) in [6.07, 6.45) is 0.852. The van der Waals surface area contributed by atoms with Crippen LogP contribution in [0.1, 0.15) is 18.4 Å². The van der Waals surface area contributed by atoms with Gasteiger partial charge in [0.1, 0.15) is 6.04 Å². The Hall–Kier alpha value is -2.37. The first-order chi connectivity index (χ1) is 11.0. The van der Waals surface area contributed by atoms with Crippen LogP contribution < -0.4 is 5.32 Å². The molecule has 0 bridgehead atoms. The van der Waals surface area contributed by atoms with Crippen LogP contribution in [0.25, 0.3) is 0 Å². The molecule has 0 unspecified atom stereocenters. The summed E-state index contributed by atoms with van der Waals surface area (Å²) in [5.41, 5.74) is 1.08. The summed E-state index contributed by atoms with van der Waals surface area (Å²) < 4.78 is 0. The van der Waals surface area contributed by atoms with Crippen molar-refractivity contribution in [2.45, 2.75) is 25.4 Å². The molecule has 1 N–H and O–H groups in total. The van der Waals surface area contributed by atoms with Crippen molar-refractivity contribution in [3.8, 4) is 0 Å². The smallest absolute Gasteiger partial charge is 0.245 e. The van der Waals surface area contributed by atoms with E-state index in [1.54, 1.807) is 16.8 Å². The average molecular weight is 315 g/mol. The van der Waals surface area contributed by atoms with Crippen LogP contribution in [0.15, 0.2) is 30.3 Å². The number of nitrogens with zero attached hydrogens (tertiary/aromatic N) is 2. The van der Waals surface area contributed by atoms with E-state index >= 15 is 0 Å². The van der Waals surface area contributed by atoms with Crippen molar-refractivity contribution in [3.63, 3.8) is 0 Å². The van der Waals surface area contributed by atoms with Gasteiger partial charge in [0.15, 0.2) is 0 Å². The maximum absolute atomic E-state index is 12.4. The Balaban J connectivity index is 1.55. The summed E-state index contributed by atoms with van der Waals surface area (Å²) in [6.45, 7) is 1.64. The standard InChI is InChI=1S/C17H21N3O3/c1-19-11-13(9-15(19)21)16(22)18-14-7-8-20(17(14)23)10-12-5-3-2-4-6-12/h2-6,13-14H,7-11H2,1H3,(H,18,22)/t13-,14-/m0/s1. The van der Waals surface area contributed by atoms with E-state index in [1.807, 2.05) is 30.3 Å². The highest BCUT2D eigenvalue weighted by atomic mass is 16.2. The first-order valence-electron chi connectivity index (χ1n) is 7.91. The number of hydrogen-bond donors (Lipinski definition) is 1. The molecule has 2 heterocycles. The van der Waals surface area contributed by atoms with Crippen molar-refractivity contribution in [2.75, 3.05) is 20.1 Å². The highest BCUT2D eigenvalue weighted by Crippen LogP contribution is 2.19. The van der Waals surface area contributed by atoms with Gasteiger partial charge in [0.2, 0.25) is 17.7 Å². The number of carbonyl (C=O) groups is 3. The number of carbonyl (C=O) groups excluding carboxylic acids is 3. The van der Waals surface area contributed by atoms with Gasteiger partial charge in [-0.25, -0.2) is 0 Å². The molecular formula is C17H21N3O3. The van der Waals surface area contributed by atoms with Crippen LogP contribution in [-0.4, -0.2) is 53.7 Å². The molecule has 2 atom stereocenters. The Labute approximate surface area is 135 Å². The molecule has 0 radical (unpaired) electrons. The summed E-state index contributed by atoms with van der Waals surface area (Å²) >= 11 is 0. The van der Waals surface area contributed by atoms with Crippen LogP contribution in [0.4, 0.5) is 0 Å². The second-order valence-electron chi connectivity index (χ2n) is 6.27. The Bertz CT molecular complexity index is 617. The molecule has 0 aromatic heterocycles. The zero-order valence-electron chi connectivity index (χ0n) is 13.2. The molecule has 6 nitrogen and oxygen atoms in total. The highest BCUT2D eigenvalue weighted by molar-refractivity contribution is 5.93. The number of hydrogen-bond acceptors (Lipinski definition) is 3. The average Bonchev–Trinajstić information content (AvgIpc) is 3.05. The molecule has 2 aliphatic heterocycles. The van der Waals surface area contributed by atoms with Gasteiger partial charge in [-0.3, -0.25) is 14.4 Å². The van der Waals surface area contributed by atoms with Crippen molar-refractivity contribution < 1.29 is 14.4 Å². The van der Waals surface area contributed by atoms with Crippen LogP contribution in [-0.2, 0) is 20.9 Å². The van der Waals surface area contributed by atoms with E-state index in [9.17, 15) is 14.4 Å². The number of likely N-dealkylation sites (tertiary alicyclic amines) is 2. The monoisotopic (exact) mass is 315 g/mol. The first kappa shape index (κ1) is 15.5. The fourth-order valence-electron chi connectivity index (χ4n) is 3.16. The largest absolute Gasteiger partial charge is 0.345 e. The van der Waals surface area contributed by atoms with Gasteiger partial charge in [0, 0.05) is 33.1 Å². The maximum Gasteiger partial charge on any atom is 0.245 e. The van der Waals surface area contributed by atoms with E-state index in [2.05, 4.69) is 5.32 Å². The molecular weight excluding hydrogens is 294 g/mol. The Kier molecular flexibility index (Phi) is 4.32. The van der Waals surface area contributed by atoms with E-state index in [0.717, 1.165) is 5.56 Å². The molecule has 122 valence electrons. The number of rotatable bonds is 4. The zero-order chi connectivity index (χ0) is 16.4. The molecule has 23 heavy (non-hydrogen) atoms. The third-order valence-corrected chi connectivity index (χ3v) is 4.54. The summed E-state index contributed by atoms with van der Waals surface area (Å²) in [7, 11) is 1.69. The predicted molar refractivity (Wildman–Crippen MR) is 84.2 cm³/mol. The first-order valence-corrected chi connectivity index (χ1v) is 7.91. The van der Waals surface area contributed by atoms with Crippen LogP contribution >= 0.6 is 0 Å². The lowest BCUT2D eigenvalue weighted by atomic mass is 10.1. The van der Waals surface area contributed by atoms with E-state index in [4.69, 9.17) is 0 Å². The predicted octanol–water partition coefficient (Wildman–Crippen LogP) is 0.382. The van der Waals surface area contributed by atoms with Crippen LogP contribution in [0.2, 0.25) is 0 Å². The van der Waals surface area contributed by atoms with E-state index in [1.165, 1.54) is 0 Å². The minimum absolute atomic E-state index is 0.0198. The van der Waals surface area contributed by atoms with Gasteiger partial charge in [0.25, 0.3) is 0 Å². The highest BCUT2D eigenvalue weighted by Gasteiger charge is 2.37. The molecule has 2 aliphatic rings.